The zero-order chi connectivity index (χ0) is 19.5. The van der Waals surface area contributed by atoms with E-state index in [4.69, 9.17) is 14.0 Å². The van der Waals surface area contributed by atoms with Crippen molar-refractivity contribution in [3.63, 3.8) is 0 Å². The van der Waals surface area contributed by atoms with Crippen LogP contribution in [0.2, 0.25) is 0 Å². The third kappa shape index (κ3) is 3.71. The summed E-state index contributed by atoms with van der Waals surface area (Å²) in [6.45, 7) is 4.71. The Kier molecular flexibility index (Phi) is 5.02. The fraction of sp³-hybridized carbons (Fsp3) is 0.273. The van der Waals surface area contributed by atoms with E-state index in [0.29, 0.717) is 29.4 Å². The van der Waals surface area contributed by atoms with Gasteiger partial charge in [0.05, 0.1) is 18.7 Å². The van der Waals surface area contributed by atoms with Crippen molar-refractivity contribution in [2.75, 3.05) is 6.61 Å². The molecular formula is C22H22N2O4. The molecule has 28 heavy (non-hydrogen) atoms. The first-order valence-corrected chi connectivity index (χ1v) is 9.39. The van der Waals surface area contributed by atoms with Gasteiger partial charge in [-0.15, -0.1) is 0 Å². The average molecular weight is 378 g/mol. The number of carbonyl (C=O) groups excluding carboxylic acids is 1. The minimum Gasteiger partial charge on any atom is -0.493 e. The second-order valence-corrected chi connectivity index (χ2v) is 6.75. The Morgan fingerprint density at radius 3 is 2.96 bits per heavy atom. The van der Waals surface area contributed by atoms with Crippen molar-refractivity contribution in [2.24, 2.45) is 0 Å². The third-order valence-electron chi connectivity index (χ3n) is 4.60. The van der Waals surface area contributed by atoms with Gasteiger partial charge >= 0.3 is 0 Å². The smallest absolute Gasteiger partial charge is 0.255 e. The normalized spacial score (nSPS) is 15.0. The number of fused-ring (bicyclic) bond motifs is 1. The molecular weight excluding hydrogens is 356 g/mol. The van der Waals surface area contributed by atoms with Crippen molar-refractivity contribution in [1.82, 2.24) is 10.5 Å². The van der Waals surface area contributed by atoms with E-state index in [1.165, 1.54) is 5.56 Å². The average Bonchev–Trinajstić information content (AvgIpc) is 3.31. The molecule has 4 rings (SSSR count). The summed E-state index contributed by atoms with van der Waals surface area (Å²) in [7, 11) is 0. The van der Waals surface area contributed by atoms with Gasteiger partial charge in [-0.2, -0.15) is 0 Å². The molecule has 0 fully saturated rings. The van der Waals surface area contributed by atoms with E-state index in [-0.39, 0.29) is 18.6 Å². The molecule has 1 atom stereocenters. The summed E-state index contributed by atoms with van der Waals surface area (Å²) < 4.78 is 16.7. The van der Waals surface area contributed by atoms with Crippen LogP contribution in [0.15, 0.2) is 53.1 Å². The van der Waals surface area contributed by atoms with E-state index >= 15 is 0 Å². The molecule has 2 heterocycles. The number of aromatic nitrogens is 1. The maximum Gasteiger partial charge on any atom is 0.255 e. The fourth-order valence-electron chi connectivity index (χ4n) is 3.31. The summed E-state index contributed by atoms with van der Waals surface area (Å²) in [6.07, 6.45) is 1.09. The first-order valence-electron chi connectivity index (χ1n) is 9.39. The van der Waals surface area contributed by atoms with Gasteiger partial charge in [0.1, 0.15) is 23.3 Å². The van der Waals surface area contributed by atoms with Crippen LogP contribution in [0.3, 0.4) is 0 Å². The molecule has 2 aromatic carbocycles. The summed E-state index contributed by atoms with van der Waals surface area (Å²) in [5.41, 5.74) is 3.27. The summed E-state index contributed by atoms with van der Waals surface area (Å²) in [5.74, 6) is 1.95. The lowest BCUT2D eigenvalue weighted by molar-refractivity contribution is 0.0946. The van der Waals surface area contributed by atoms with Gasteiger partial charge in [-0.25, -0.2) is 0 Å². The lowest BCUT2D eigenvalue weighted by Gasteiger charge is -2.09. The highest BCUT2D eigenvalue weighted by Gasteiger charge is 2.20. The van der Waals surface area contributed by atoms with Gasteiger partial charge in [-0.3, -0.25) is 4.79 Å². The highest BCUT2D eigenvalue weighted by Crippen LogP contribution is 2.33. The van der Waals surface area contributed by atoms with Crippen molar-refractivity contribution in [1.29, 1.82) is 0 Å². The number of nitrogens with one attached hydrogen (secondary N) is 1. The van der Waals surface area contributed by atoms with Crippen LogP contribution in [0, 0.1) is 0 Å². The lowest BCUT2D eigenvalue weighted by atomic mass is 10.1. The standard InChI is InChI=1S/C22H22N2O4/c1-3-26-20-7-5-4-6-18(20)22(25)23-13-17-12-21(28-24-17)15-8-9-19-16(11-15)10-14(2)27-19/h4-9,11-12,14H,3,10,13H2,1-2H3,(H,23,25). The monoisotopic (exact) mass is 378 g/mol. The van der Waals surface area contributed by atoms with E-state index in [9.17, 15) is 4.79 Å². The van der Waals surface area contributed by atoms with Crippen LogP contribution in [0.4, 0.5) is 0 Å². The minimum atomic E-state index is -0.211. The quantitative estimate of drug-likeness (QED) is 0.702. The van der Waals surface area contributed by atoms with Gasteiger partial charge in [0.2, 0.25) is 0 Å². The molecule has 3 aromatic rings. The molecule has 1 aliphatic heterocycles. The number of benzene rings is 2. The number of carbonyl (C=O) groups is 1. The van der Waals surface area contributed by atoms with Crippen LogP contribution in [-0.4, -0.2) is 23.8 Å². The van der Waals surface area contributed by atoms with Crippen LogP contribution >= 0.6 is 0 Å². The van der Waals surface area contributed by atoms with Crippen LogP contribution in [0.5, 0.6) is 11.5 Å². The Labute approximate surface area is 163 Å². The number of hydrogen-bond acceptors (Lipinski definition) is 5. The Morgan fingerprint density at radius 1 is 1.25 bits per heavy atom. The van der Waals surface area contributed by atoms with E-state index in [1.54, 1.807) is 12.1 Å². The lowest BCUT2D eigenvalue weighted by Crippen LogP contribution is -2.23. The molecule has 0 saturated carbocycles. The molecule has 1 amide bonds. The first kappa shape index (κ1) is 18.1. The largest absolute Gasteiger partial charge is 0.493 e. The number of nitrogens with zero attached hydrogens (tertiary/aromatic N) is 1. The van der Waals surface area contributed by atoms with E-state index in [1.807, 2.05) is 37.3 Å². The van der Waals surface area contributed by atoms with E-state index in [2.05, 4.69) is 23.5 Å². The zero-order valence-electron chi connectivity index (χ0n) is 15.9. The number of para-hydroxylation sites is 1. The molecule has 1 aromatic heterocycles. The van der Waals surface area contributed by atoms with Crippen molar-refractivity contribution < 1.29 is 18.8 Å². The van der Waals surface area contributed by atoms with Crippen LogP contribution in [0.25, 0.3) is 11.3 Å². The van der Waals surface area contributed by atoms with E-state index < -0.39 is 0 Å². The second-order valence-electron chi connectivity index (χ2n) is 6.75. The fourth-order valence-corrected chi connectivity index (χ4v) is 3.31. The molecule has 6 heteroatoms. The van der Waals surface area contributed by atoms with Crippen LogP contribution in [-0.2, 0) is 13.0 Å². The summed E-state index contributed by atoms with van der Waals surface area (Å²) in [6, 6.07) is 15.0. The Bertz CT molecular complexity index is 996. The Hall–Kier alpha value is -3.28. The number of rotatable bonds is 6. The molecule has 1 N–H and O–H groups in total. The maximum absolute atomic E-state index is 12.5. The topological polar surface area (TPSA) is 73.6 Å². The van der Waals surface area contributed by atoms with Crippen LogP contribution in [0.1, 0.15) is 35.5 Å². The van der Waals surface area contributed by atoms with Gasteiger partial charge in [-0.1, -0.05) is 17.3 Å². The highest BCUT2D eigenvalue weighted by molar-refractivity contribution is 5.96. The predicted molar refractivity (Wildman–Crippen MR) is 105 cm³/mol. The Morgan fingerprint density at radius 2 is 2.11 bits per heavy atom. The molecule has 0 spiro atoms. The van der Waals surface area contributed by atoms with E-state index in [0.717, 1.165) is 17.7 Å². The number of amides is 1. The van der Waals surface area contributed by atoms with Gasteiger partial charge in [0, 0.05) is 18.1 Å². The molecule has 0 radical (unpaired) electrons. The SMILES string of the molecule is CCOc1ccccc1C(=O)NCc1cc(-c2ccc3c(c2)CC(C)O3)on1. The molecule has 0 aliphatic carbocycles. The van der Waals surface area contributed by atoms with Crippen molar-refractivity contribution in [3.8, 4) is 22.8 Å². The molecule has 0 bridgehead atoms. The molecule has 1 unspecified atom stereocenters. The first-order chi connectivity index (χ1) is 13.6. The number of ether oxygens (including phenoxy) is 2. The summed E-state index contributed by atoms with van der Waals surface area (Å²) >= 11 is 0. The van der Waals surface area contributed by atoms with Crippen molar-refractivity contribution in [3.05, 3.63) is 65.4 Å². The highest BCUT2D eigenvalue weighted by atomic mass is 16.5. The predicted octanol–water partition coefficient (Wildman–Crippen LogP) is 3.99. The number of hydrogen-bond donors (Lipinski definition) is 1. The van der Waals surface area contributed by atoms with Gasteiger partial charge in [0.15, 0.2) is 5.76 Å². The molecule has 1 aliphatic rings. The van der Waals surface area contributed by atoms with Gasteiger partial charge < -0.3 is 19.3 Å². The second kappa shape index (κ2) is 7.76. The summed E-state index contributed by atoms with van der Waals surface area (Å²) in [4.78, 5) is 12.5. The van der Waals surface area contributed by atoms with Crippen molar-refractivity contribution in [2.45, 2.75) is 32.9 Å². The van der Waals surface area contributed by atoms with Crippen molar-refractivity contribution >= 4 is 5.91 Å². The third-order valence-corrected chi connectivity index (χ3v) is 4.60. The summed E-state index contributed by atoms with van der Waals surface area (Å²) in [5, 5.41) is 6.94. The van der Waals surface area contributed by atoms with Crippen LogP contribution < -0.4 is 14.8 Å². The minimum absolute atomic E-state index is 0.199. The maximum atomic E-state index is 12.5. The molecule has 144 valence electrons. The zero-order valence-corrected chi connectivity index (χ0v) is 15.9. The Balaban J connectivity index is 1.43. The van der Waals surface area contributed by atoms with Gasteiger partial charge in [0.25, 0.3) is 5.91 Å². The molecule has 6 nitrogen and oxygen atoms in total. The van der Waals surface area contributed by atoms with Gasteiger partial charge in [-0.05, 0) is 49.7 Å². The molecule has 0 saturated heterocycles.